The Kier molecular flexibility index (Phi) is 7.41. The first-order valence-electron chi connectivity index (χ1n) is 14.8. The summed E-state index contributed by atoms with van der Waals surface area (Å²) < 4.78 is 40.9. The minimum atomic E-state index is -0.870. The molecule has 0 spiro atoms. The number of fused-ring (bicyclic) bond motifs is 3. The average Bonchev–Trinajstić information content (AvgIpc) is 3.77. The summed E-state index contributed by atoms with van der Waals surface area (Å²) in [5.41, 5.74) is 5.30. The number of halogens is 2. The van der Waals surface area contributed by atoms with Gasteiger partial charge in [0.05, 0.1) is 53.5 Å². The normalized spacial score (nSPS) is 15.3. The van der Waals surface area contributed by atoms with Crippen LogP contribution in [0.3, 0.4) is 0 Å². The lowest BCUT2D eigenvalue weighted by atomic mass is 9.96. The van der Waals surface area contributed by atoms with Crippen molar-refractivity contribution in [3.05, 3.63) is 84.2 Å². The molecule has 0 saturated carbocycles. The Morgan fingerprint density at radius 1 is 1.20 bits per heavy atom. The molecule has 0 radical (unpaired) electrons. The van der Waals surface area contributed by atoms with Gasteiger partial charge in [0, 0.05) is 46.4 Å². The number of amides is 1. The smallest absolute Gasteiger partial charge is 0.246 e. The second-order valence-corrected chi connectivity index (χ2v) is 12.5. The van der Waals surface area contributed by atoms with Crippen LogP contribution in [0.1, 0.15) is 19.5 Å². The van der Waals surface area contributed by atoms with Crippen LogP contribution in [-0.4, -0.2) is 59.0 Å². The first kappa shape index (κ1) is 29.8. The van der Waals surface area contributed by atoms with Crippen molar-refractivity contribution in [2.75, 3.05) is 6.61 Å². The van der Waals surface area contributed by atoms with Crippen LogP contribution in [0, 0.1) is 11.6 Å². The summed E-state index contributed by atoms with van der Waals surface area (Å²) in [4.78, 5) is 23.9. The largest absolute Gasteiger partial charge is 0.490 e. The maximum absolute atomic E-state index is 16.0. The second kappa shape index (κ2) is 11.5. The molecule has 2 unspecified atom stereocenters. The van der Waals surface area contributed by atoms with Crippen molar-refractivity contribution in [3.63, 3.8) is 0 Å². The molecule has 234 valence electrons. The van der Waals surface area contributed by atoms with Crippen molar-refractivity contribution in [1.82, 2.24) is 29.2 Å². The van der Waals surface area contributed by atoms with Gasteiger partial charge in [0.15, 0.2) is 0 Å². The van der Waals surface area contributed by atoms with E-state index < -0.39 is 17.7 Å². The third kappa shape index (κ3) is 5.03. The molecule has 1 aliphatic heterocycles. The Hall–Kier alpha value is -4.94. The third-order valence-corrected chi connectivity index (χ3v) is 9.15. The standard InChI is InChI=1S/C34H30F2N6O3S/c1-5-29(44)41-15-22-13-26(39-42(22)14-18(41)2)33-31(30-24(36)11-21(35)12-28(30)45-16-19(3)43)34-23(8-9-46-34)32(38-33)20-6-7-25-27(10-20)40(4)17-37-25/h5-13,17-19,43H,1,14-16H2,2-4H3. The minimum Gasteiger partial charge on any atom is -0.490 e. The molecule has 2 aromatic carbocycles. The van der Waals surface area contributed by atoms with E-state index >= 15 is 4.39 Å². The van der Waals surface area contributed by atoms with Gasteiger partial charge >= 0.3 is 0 Å². The molecule has 9 nitrogen and oxygen atoms in total. The molecule has 5 heterocycles. The highest BCUT2D eigenvalue weighted by atomic mass is 32.1. The fraction of sp³-hybridized carbons (Fsp3) is 0.235. The van der Waals surface area contributed by atoms with Crippen LogP contribution >= 0.6 is 11.3 Å². The molecule has 12 heteroatoms. The zero-order valence-corrected chi connectivity index (χ0v) is 26.2. The highest BCUT2D eigenvalue weighted by Gasteiger charge is 2.30. The predicted molar refractivity (Wildman–Crippen MR) is 173 cm³/mol. The van der Waals surface area contributed by atoms with Crippen molar-refractivity contribution in [3.8, 4) is 39.5 Å². The highest BCUT2D eigenvalue weighted by molar-refractivity contribution is 7.18. The van der Waals surface area contributed by atoms with E-state index in [0.29, 0.717) is 40.4 Å². The fourth-order valence-corrected chi connectivity index (χ4v) is 6.95. The molecule has 46 heavy (non-hydrogen) atoms. The lowest BCUT2D eigenvalue weighted by Gasteiger charge is -2.33. The van der Waals surface area contributed by atoms with Crippen molar-refractivity contribution < 1.29 is 23.4 Å². The SMILES string of the molecule is C=CC(=O)N1Cc2cc(-c3nc(-c4ccc5ncn(C)c5c4)c4ccsc4c3-c3c(F)cc(F)cc3OCC(C)O)nn2CC1C. The van der Waals surface area contributed by atoms with Gasteiger partial charge in [-0.2, -0.15) is 5.10 Å². The van der Waals surface area contributed by atoms with Crippen LogP contribution in [-0.2, 0) is 24.9 Å². The van der Waals surface area contributed by atoms with E-state index in [9.17, 15) is 14.3 Å². The molecule has 4 aromatic heterocycles. The monoisotopic (exact) mass is 640 g/mol. The van der Waals surface area contributed by atoms with Gasteiger partial charge in [0.1, 0.15) is 35.4 Å². The molecule has 7 rings (SSSR count). The summed E-state index contributed by atoms with van der Waals surface area (Å²) in [5, 5.41) is 17.5. The fourth-order valence-electron chi connectivity index (χ4n) is 6.00. The van der Waals surface area contributed by atoms with Gasteiger partial charge in [-0.05, 0) is 49.6 Å². The molecular weight excluding hydrogens is 610 g/mol. The molecule has 0 bridgehead atoms. The molecule has 6 aromatic rings. The van der Waals surface area contributed by atoms with Gasteiger partial charge in [0.25, 0.3) is 0 Å². The van der Waals surface area contributed by atoms with Gasteiger partial charge in [-0.3, -0.25) is 9.48 Å². The zero-order valence-electron chi connectivity index (χ0n) is 25.4. The minimum absolute atomic E-state index is 0.0217. The van der Waals surface area contributed by atoms with E-state index in [0.717, 1.165) is 39.8 Å². The Morgan fingerprint density at radius 3 is 2.80 bits per heavy atom. The number of nitrogens with zero attached hydrogens (tertiary/aromatic N) is 6. The number of hydrogen-bond donors (Lipinski definition) is 1. The maximum Gasteiger partial charge on any atom is 0.246 e. The number of carbonyl (C=O) groups is 1. The number of pyridine rings is 1. The first-order valence-corrected chi connectivity index (χ1v) is 15.6. The Bertz CT molecular complexity index is 2170. The summed E-state index contributed by atoms with van der Waals surface area (Å²) in [6.45, 7) is 7.71. The Morgan fingerprint density at radius 2 is 2.02 bits per heavy atom. The van der Waals surface area contributed by atoms with Crippen LogP contribution in [0.2, 0.25) is 0 Å². The highest BCUT2D eigenvalue weighted by Crippen LogP contribution is 2.47. The number of imidazole rings is 1. The van der Waals surface area contributed by atoms with Crippen molar-refractivity contribution >= 4 is 38.4 Å². The number of aromatic nitrogens is 5. The van der Waals surface area contributed by atoms with E-state index in [-0.39, 0.29) is 29.9 Å². The summed E-state index contributed by atoms with van der Waals surface area (Å²) >= 11 is 1.40. The van der Waals surface area contributed by atoms with Crippen LogP contribution < -0.4 is 4.74 Å². The number of thiophene rings is 1. The quantitative estimate of drug-likeness (QED) is 0.205. The second-order valence-electron chi connectivity index (χ2n) is 11.5. The number of ether oxygens (including phenoxy) is 1. The van der Waals surface area contributed by atoms with Crippen LogP contribution in [0.4, 0.5) is 8.78 Å². The van der Waals surface area contributed by atoms with Gasteiger partial charge in [0.2, 0.25) is 5.91 Å². The van der Waals surface area contributed by atoms with Crippen molar-refractivity contribution in [2.24, 2.45) is 7.05 Å². The molecule has 1 amide bonds. The summed E-state index contributed by atoms with van der Waals surface area (Å²) in [6, 6.07) is 11.5. The van der Waals surface area contributed by atoms with Crippen molar-refractivity contribution in [1.29, 1.82) is 0 Å². The lowest BCUT2D eigenvalue weighted by molar-refractivity contribution is -0.129. The predicted octanol–water partition coefficient (Wildman–Crippen LogP) is 6.34. The van der Waals surface area contributed by atoms with E-state index in [1.807, 2.05) is 58.9 Å². The number of hydrogen-bond acceptors (Lipinski definition) is 7. The number of aliphatic hydroxyl groups is 1. The number of carbonyl (C=O) groups excluding carboxylic acids is 1. The molecule has 2 atom stereocenters. The van der Waals surface area contributed by atoms with Crippen molar-refractivity contribution in [2.45, 2.75) is 39.1 Å². The third-order valence-electron chi connectivity index (χ3n) is 8.22. The van der Waals surface area contributed by atoms with Gasteiger partial charge in [-0.25, -0.2) is 18.7 Å². The Labute approximate surface area is 267 Å². The van der Waals surface area contributed by atoms with Crippen LogP contribution in [0.25, 0.3) is 54.9 Å². The van der Waals surface area contributed by atoms with Gasteiger partial charge in [-0.15, -0.1) is 11.3 Å². The number of rotatable bonds is 7. The first-order chi connectivity index (χ1) is 22.1. The summed E-state index contributed by atoms with van der Waals surface area (Å²) in [6.07, 6.45) is 2.18. The number of aliphatic hydroxyl groups excluding tert-OH is 1. The molecule has 0 fully saturated rings. The molecule has 0 aliphatic carbocycles. The van der Waals surface area contributed by atoms with E-state index in [4.69, 9.17) is 14.8 Å². The molecule has 0 saturated heterocycles. The molecular formula is C34H30F2N6O3S. The topological polar surface area (TPSA) is 98.3 Å². The van der Waals surface area contributed by atoms with E-state index in [1.165, 1.54) is 24.3 Å². The molecule has 1 aliphatic rings. The van der Waals surface area contributed by atoms with Gasteiger partial charge < -0.3 is 19.3 Å². The number of aryl methyl sites for hydroxylation is 1. The van der Waals surface area contributed by atoms with E-state index in [2.05, 4.69) is 11.6 Å². The average molecular weight is 641 g/mol. The lowest BCUT2D eigenvalue weighted by Crippen LogP contribution is -2.44. The Balaban J connectivity index is 1.51. The summed E-state index contributed by atoms with van der Waals surface area (Å²) in [7, 11) is 1.92. The maximum atomic E-state index is 16.0. The number of benzene rings is 2. The van der Waals surface area contributed by atoms with E-state index in [1.54, 1.807) is 11.2 Å². The zero-order chi connectivity index (χ0) is 32.3. The van der Waals surface area contributed by atoms with Crippen LogP contribution in [0.5, 0.6) is 5.75 Å². The summed E-state index contributed by atoms with van der Waals surface area (Å²) in [5.74, 6) is -1.87. The van der Waals surface area contributed by atoms with Crippen LogP contribution in [0.15, 0.2) is 66.8 Å². The van der Waals surface area contributed by atoms with Gasteiger partial charge in [-0.1, -0.05) is 12.6 Å². The molecule has 1 N–H and O–H groups in total.